The van der Waals surface area contributed by atoms with E-state index in [1.54, 1.807) is 0 Å². The van der Waals surface area contributed by atoms with Crippen LogP contribution in [0.4, 0.5) is 0 Å². The molecule has 0 saturated heterocycles. The highest BCUT2D eigenvalue weighted by atomic mass is 16.5. The number of fused-ring (bicyclic) bond motifs is 5. The molecule has 0 unspecified atom stereocenters. The van der Waals surface area contributed by atoms with Crippen molar-refractivity contribution in [1.29, 1.82) is 0 Å². The Labute approximate surface area is 124 Å². The molecule has 3 nitrogen and oxygen atoms in total. The van der Waals surface area contributed by atoms with Gasteiger partial charge in [0.05, 0.1) is 6.61 Å². The van der Waals surface area contributed by atoms with Gasteiger partial charge in [0.15, 0.2) is 0 Å². The summed E-state index contributed by atoms with van der Waals surface area (Å²) >= 11 is 0. The molecule has 3 aliphatic rings. The van der Waals surface area contributed by atoms with Gasteiger partial charge >= 0.3 is 5.97 Å². The van der Waals surface area contributed by atoms with E-state index in [9.17, 15) is 9.59 Å². The highest BCUT2D eigenvalue weighted by molar-refractivity contribution is 6.05. The lowest BCUT2D eigenvalue weighted by Crippen LogP contribution is -2.41. The van der Waals surface area contributed by atoms with Gasteiger partial charge in [-0.3, -0.25) is 4.79 Å². The normalized spacial score (nSPS) is 32.9. The van der Waals surface area contributed by atoms with E-state index in [4.69, 9.17) is 4.74 Å². The summed E-state index contributed by atoms with van der Waals surface area (Å²) in [6, 6.07) is 10.1. The van der Waals surface area contributed by atoms with Crippen molar-refractivity contribution in [2.75, 3.05) is 6.61 Å². The Hall–Kier alpha value is -1.90. The lowest BCUT2D eigenvalue weighted by atomic mass is 9.59. The summed E-state index contributed by atoms with van der Waals surface area (Å²) in [7, 11) is 0. The highest BCUT2D eigenvalue weighted by Gasteiger charge is 2.62. The van der Waals surface area contributed by atoms with Gasteiger partial charge in [0.1, 0.15) is 5.78 Å². The Morgan fingerprint density at radius 3 is 2.71 bits per heavy atom. The molecule has 0 aliphatic heterocycles. The summed E-state index contributed by atoms with van der Waals surface area (Å²) in [5, 5.41) is 0. The van der Waals surface area contributed by atoms with Crippen LogP contribution in [0.1, 0.15) is 25.3 Å². The molecule has 0 radical (unpaired) electrons. The maximum absolute atomic E-state index is 12.3. The van der Waals surface area contributed by atoms with Gasteiger partial charge in [0.25, 0.3) is 0 Å². The molecule has 0 spiro atoms. The topological polar surface area (TPSA) is 43.4 Å². The van der Waals surface area contributed by atoms with E-state index >= 15 is 0 Å². The second-order valence-electron chi connectivity index (χ2n) is 6.24. The van der Waals surface area contributed by atoms with Crippen LogP contribution in [0.5, 0.6) is 0 Å². The molecule has 0 amide bonds. The van der Waals surface area contributed by atoms with Crippen molar-refractivity contribution in [2.24, 2.45) is 23.7 Å². The van der Waals surface area contributed by atoms with Crippen LogP contribution >= 0.6 is 0 Å². The third-order valence-electron chi connectivity index (χ3n) is 5.30. The third kappa shape index (κ3) is 1.66. The molecule has 1 aromatic carbocycles. The molecule has 0 aromatic heterocycles. The Morgan fingerprint density at radius 1 is 1.24 bits per heavy atom. The van der Waals surface area contributed by atoms with Crippen molar-refractivity contribution in [3.8, 4) is 0 Å². The third-order valence-corrected chi connectivity index (χ3v) is 5.30. The molecule has 2 saturated carbocycles. The lowest BCUT2D eigenvalue weighted by molar-refractivity contribution is -0.140. The number of hydrogen-bond acceptors (Lipinski definition) is 3. The monoisotopic (exact) mass is 282 g/mol. The quantitative estimate of drug-likeness (QED) is 0.801. The smallest absolute Gasteiger partial charge is 0.334 e. The SMILES string of the molecule is CCOC(=O)C1=C(c2ccccc2)[C@@H]2[C@H]3CC(=O)[C@H](C3)[C@H]12. The van der Waals surface area contributed by atoms with E-state index in [-0.39, 0.29) is 17.8 Å². The number of benzene rings is 1. The maximum Gasteiger partial charge on any atom is 0.334 e. The summed E-state index contributed by atoms with van der Waals surface area (Å²) in [6.07, 6.45) is 1.64. The lowest BCUT2D eigenvalue weighted by Gasteiger charge is -2.43. The fourth-order valence-electron chi connectivity index (χ4n) is 4.59. The number of hydrogen-bond donors (Lipinski definition) is 0. The zero-order valence-corrected chi connectivity index (χ0v) is 12.0. The molecular formula is C18H18O3. The predicted molar refractivity (Wildman–Crippen MR) is 78.2 cm³/mol. The zero-order valence-electron chi connectivity index (χ0n) is 12.0. The van der Waals surface area contributed by atoms with Crippen LogP contribution in [0.15, 0.2) is 35.9 Å². The molecule has 1 aromatic rings. The molecule has 0 N–H and O–H groups in total. The Morgan fingerprint density at radius 2 is 2.00 bits per heavy atom. The molecule has 21 heavy (non-hydrogen) atoms. The average molecular weight is 282 g/mol. The first-order valence-corrected chi connectivity index (χ1v) is 7.71. The van der Waals surface area contributed by atoms with Gasteiger partial charge in [-0.2, -0.15) is 0 Å². The zero-order chi connectivity index (χ0) is 14.6. The van der Waals surface area contributed by atoms with Crippen molar-refractivity contribution >= 4 is 17.3 Å². The molecule has 0 heterocycles. The second kappa shape index (κ2) is 4.55. The van der Waals surface area contributed by atoms with Crippen LogP contribution in [0.3, 0.4) is 0 Å². The van der Waals surface area contributed by atoms with Crippen LogP contribution in [-0.4, -0.2) is 18.4 Å². The van der Waals surface area contributed by atoms with Crippen molar-refractivity contribution in [2.45, 2.75) is 19.8 Å². The Balaban J connectivity index is 1.80. The fourth-order valence-corrected chi connectivity index (χ4v) is 4.59. The van der Waals surface area contributed by atoms with E-state index in [0.29, 0.717) is 30.6 Å². The van der Waals surface area contributed by atoms with E-state index < -0.39 is 0 Å². The molecule has 108 valence electrons. The van der Waals surface area contributed by atoms with Gasteiger partial charge in [0, 0.05) is 23.8 Å². The van der Waals surface area contributed by atoms with Gasteiger partial charge < -0.3 is 4.74 Å². The van der Waals surface area contributed by atoms with E-state index in [1.807, 2.05) is 25.1 Å². The minimum atomic E-state index is -0.224. The molecular weight excluding hydrogens is 264 g/mol. The summed E-state index contributed by atoms with van der Waals surface area (Å²) in [4.78, 5) is 24.4. The van der Waals surface area contributed by atoms with Crippen molar-refractivity contribution < 1.29 is 14.3 Å². The van der Waals surface area contributed by atoms with Gasteiger partial charge in [-0.1, -0.05) is 30.3 Å². The van der Waals surface area contributed by atoms with Crippen LogP contribution in [0.2, 0.25) is 0 Å². The number of carbonyl (C=O) groups is 2. The molecule has 2 bridgehead atoms. The van der Waals surface area contributed by atoms with E-state index in [0.717, 1.165) is 23.1 Å². The second-order valence-corrected chi connectivity index (χ2v) is 6.24. The number of esters is 1. The number of carbonyl (C=O) groups excluding carboxylic acids is 2. The van der Waals surface area contributed by atoms with E-state index in [1.165, 1.54) is 0 Å². The summed E-state index contributed by atoms with van der Waals surface area (Å²) in [6.45, 7) is 2.20. The summed E-state index contributed by atoms with van der Waals surface area (Å²) in [5.74, 6) is 1.11. The molecule has 3 aliphatic carbocycles. The first-order chi connectivity index (χ1) is 10.2. The molecule has 4 atom stereocenters. The largest absolute Gasteiger partial charge is 0.463 e. The van der Waals surface area contributed by atoms with Gasteiger partial charge in [0.2, 0.25) is 0 Å². The minimum absolute atomic E-state index is 0.0619. The van der Waals surface area contributed by atoms with Crippen LogP contribution in [0.25, 0.3) is 5.57 Å². The molecule has 4 rings (SSSR count). The average Bonchev–Trinajstić information content (AvgIpc) is 2.93. The van der Waals surface area contributed by atoms with Crippen LogP contribution in [0, 0.1) is 23.7 Å². The van der Waals surface area contributed by atoms with Crippen LogP contribution < -0.4 is 0 Å². The molecule has 2 fully saturated rings. The predicted octanol–water partition coefficient (Wildman–Crippen LogP) is 2.86. The summed E-state index contributed by atoms with van der Waals surface area (Å²) < 4.78 is 5.24. The Bertz CT molecular complexity index is 644. The number of rotatable bonds is 3. The number of ether oxygens (including phenoxy) is 1. The number of allylic oxidation sites excluding steroid dienone is 1. The standard InChI is InChI=1S/C18H18O3/c1-2-21-18(20)17-14(10-6-4-3-5-7-10)15-11-8-12(16(15)17)13(19)9-11/h3-7,11-12,15-16H,2,8-9H2,1H3/t11-,12+,15+,16+/m1/s1. The highest BCUT2D eigenvalue weighted by Crippen LogP contribution is 2.65. The number of ketones is 1. The van der Waals surface area contributed by atoms with Crippen molar-refractivity contribution in [1.82, 2.24) is 0 Å². The van der Waals surface area contributed by atoms with Crippen molar-refractivity contribution in [3.05, 3.63) is 41.5 Å². The van der Waals surface area contributed by atoms with E-state index in [2.05, 4.69) is 12.1 Å². The van der Waals surface area contributed by atoms with Gasteiger partial charge in [-0.15, -0.1) is 0 Å². The first-order valence-electron chi connectivity index (χ1n) is 7.71. The summed E-state index contributed by atoms with van der Waals surface area (Å²) in [5.41, 5.74) is 3.02. The maximum atomic E-state index is 12.3. The van der Waals surface area contributed by atoms with Crippen molar-refractivity contribution in [3.63, 3.8) is 0 Å². The molecule has 3 heteroatoms. The van der Waals surface area contributed by atoms with Gasteiger partial charge in [-0.25, -0.2) is 4.79 Å². The number of Topliss-reactive ketones (excluding diaryl/α,β-unsaturated/α-hetero) is 1. The fraction of sp³-hybridized carbons (Fsp3) is 0.444. The Kier molecular flexibility index (Phi) is 2.78. The van der Waals surface area contributed by atoms with Gasteiger partial charge in [-0.05, 0) is 36.3 Å². The first kappa shape index (κ1) is 12.8. The van der Waals surface area contributed by atoms with Crippen LogP contribution in [-0.2, 0) is 14.3 Å². The minimum Gasteiger partial charge on any atom is -0.463 e.